The maximum Gasteiger partial charge on any atom is 0.408 e. The molecule has 0 saturated heterocycles. The van der Waals surface area contributed by atoms with Crippen molar-refractivity contribution in [2.24, 2.45) is 5.92 Å². The number of anilines is 1. The average molecular weight is 538 g/mol. The molecule has 0 bridgehead atoms. The summed E-state index contributed by atoms with van der Waals surface area (Å²) in [6, 6.07) is 11.2. The van der Waals surface area contributed by atoms with Crippen LogP contribution in [0.4, 0.5) is 10.5 Å². The van der Waals surface area contributed by atoms with E-state index in [0.29, 0.717) is 5.56 Å². The molecule has 1 fully saturated rings. The lowest BCUT2D eigenvalue weighted by Crippen LogP contribution is -2.54. The summed E-state index contributed by atoms with van der Waals surface area (Å²) in [5, 5.41) is 5.75. The first kappa shape index (κ1) is 29.3. The normalized spacial score (nSPS) is 18.1. The number of hydrogen-bond acceptors (Lipinski definition) is 5. The van der Waals surface area contributed by atoms with Gasteiger partial charge in [-0.1, -0.05) is 56.0 Å². The summed E-state index contributed by atoms with van der Waals surface area (Å²) in [5.41, 5.74) is 3.34. The van der Waals surface area contributed by atoms with E-state index >= 15 is 0 Å². The topological polar surface area (TPSA) is 87.7 Å². The van der Waals surface area contributed by atoms with Gasteiger partial charge in [0.1, 0.15) is 17.7 Å². The van der Waals surface area contributed by atoms with Crippen LogP contribution in [0.1, 0.15) is 62.4 Å². The Morgan fingerprint density at radius 1 is 1.16 bits per heavy atom. The van der Waals surface area contributed by atoms with Crippen molar-refractivity contribution in [3.63, 3.8) is 0 Å². The molecule has 2 aromatic rings. The van der Waals surface area contributed by atoms with E-state index < -0.39 is 23.8 Å². The van der Waals surface area contributed by atoms with Crippen LogP contribution < -0.4 is 10.6 Å². The molecule has 38 heavy (non-hydrogen) atoms. The van der Waals surface area contributed by atoms with Crippen molar-refractivity contribution < 1.29 is 19.1 Å². The van der Waals surface area contributed by atoms with Crippen LogP contribution in [0.15, 0.2) is 49.0 Å². The number of carbonyl (C=O) groups is 3. The molecule has 2 aromatic carbocycles. The number of ether oxygens (including phenoxy) is 1. The molecule has 3 amide bonds. The molecule has 1 saturated carbocycles. The summed E-state index contributed by atoms with van der Waals surface area (Å²) < 4.78 is 5.38. The number of rotatable bonds is 9. The molecule has 7 nitrogen and oxygen atoms in total. The minimum atomic E-state index is -0.973. The first-order valence-corrected chi connectivity index (χ1v) is 13.5. The second-order valence-electron chi connectivity index (χ2n) is 10.9. The van der Waals surface area contributed by atoms with Crippen LogP contribution in [0.25, 0.3) is 6.08 Å². The number of para-hydroxylation sites is 1. The number of nitrogens with one attached hydrogen (secondary N) is 2. The van der Waals surface area contributed by atoms with Crippen molar-refractivity contribution in [3.05, 3.63) is 71.3 Å². The Kier molecular flexibility index (Phi) is 9.31. The van der Waals surface area contributed by atoms with Crippen LogP contribution in [-0.2, 0) is 14.3 Å². The minimum absolute atomic E-state index is 0.0492. The number of thiol groups is 1. The minimum Gasteiger partial charge on any atom is -0.444 e. The molecular formula is C30H39N3O4S. The van der Waals surface area contributed by atoms with Crippen molar-refractivity contribution in [2.45, 2.75) is 71.7 Å². The van der Waals surface area contributed by atoms with E-state index in [1.54, 1.807) is 31.7 Å². The third kappa shape index (κ3) is 7.19. The molecular weight excluding hydrogens is 498 g/mol. The highest BCUT2D eigenvalue weighted by Crippen LogP contribution is 2.41. The third-order valence-electron chi connectivity index (χ3n) is 6.57. The zero-order chi connectivity index (χ0) is 28.2. The zero-order valence-electron chi connectivity index (χ0n) is 23.1. The lowest BCUT2D eigenvalue weighted by atomic mass is 9.99. The van der Waals surface area contributed by atoms with Gasteiger partial charge in [0, 0.05) is 17.5 Å². The van der Waals surface area contributed by atoms with Gasteiger partial charge in [-0.2, -0.15) is 12.6 Å². The fourth-order valence-electron chi connectivity index (χ4n) is 4.49. The molecule has 4 unspecified atom stereocenters. The quantitative estimate of drug-likeness (QED) is 0.359. The molecule has 8 heteroatoms. The van der Waals surface area contributed by atoms with Crippen molar-refractivity contribution >= 4 is 42.3 Å². The molecule has 1 aliphatic carbocycles. The highest BCUT2D eigenvalue weighted by atomic mass is 32.1. The van der Waals surface area contributed by atoms with E-state index in [1.807, 2.05) is 63.2 Å². The standard InChI is InChI=1S/C30H39N3O4S/c1-8-21-13-10-14-22(16-21)26(27(34)32-25-18(2)11-9-12-19(25)3)33(24-15-20(24)4)28(35)23(17-38)31-29(36)37-30(5,6)7/h8-14,16,20,23-24,26,38H,1,15,17H2,2-7H3,(H,31,36)(H,32,34). The predicted octanol–water partition coefficient (Wildman–Crippen LogP) is 5.69. The average Bonchev–Trinajstić information content (AvgIpc) is 3.57. The number of alkyl carbamates (subject to hydrolysis) is 1. The summed E-state index contributed by atoms with van der Waals surface area (Å²) in [6.07, 6.45) is 1.75. The van der Waals surface area contributed by atoms with Crippen LogP contribution in [-0.4, -0.2) is 46.2 Å². The molecule has 204 valence electrons. The number of hydrogen-bond donors (Lipinski definition) is 3. The first-order chi connectivity index (χ1) is 17.9. The van der Waals surface area contributed by atoms with E-state index in [0.717, 1.165) is 28.8 Å². The Labute approximate surface area is 231 Å². The SMILES string of the molecule is C=Cc1cccc(C(C(=O)Nc2c(C)cccc2C)N(C(=O)C(CS)NC(=O)OC(C)(C)C)C2CC2C)c1. The van der Waals surface area contributed by atoms with Crippen LogP contribution in [0, 0.1) is 19.8 Å². The van der Waals surface area contributed by atoms with E-state index in [1.165, 1.54) is 0 Å². The smallest absolute Gasteiger partial charge is 0.408 e. The largest absolute Gasteiger partial charge is 0.444 e. The number of amides is 3. The second-order valence-corrected chi connectivity index (χ2v) is 11.3. The third-order valence-corrected chi connectivity index (χ3v) is 6.93. The molecule has 0 heterocycles. The van der Waals surface area contributed by atoms with Gasteiger partial charge in [0.15, 0.2) is 0 Å². The molecule has 2 N–H and O–H groups in total. The van der Waals surface area contributed by atoms with Gasteiger partial charge in [-0.25, -0.2) is 4.79 Å². The lowest BCUT2D eigenvalue weighted by molar-refractivity contribution is -0.141. The van der Waals surface area contributed by atoms with Gasteiger partial charge in [-0.3, -0.25) is 9.59 Å². The molecule has 0 spiro atoms. The van der Waals surface area contributed by atoms with Crippen LogP contribution in [0.3, 0.4) is 0 Å². The number of nitrogens with zero attached hydrogens (tertiary/aromatic N) is 1. The van der Waals surface area contributed by atoms with Crippen LogP contribution >= 0.6 is 12.6 Å². The Balaban J connectivity index is 2.04. The highest BCUT2D eigenvalue weighted by Gasteiger charge is 2.48. The molecule has 0 aliphatic heterocycles. The van der Waals surface area contributed by atoms with Gasteiger partial charge in [0.05, 0.1) is 0 Å². The van der Waals surface area contributed by atoms with Crippen molar-refractivity contribution in [3.8, 4) is 0 Å². The zero-order valence-corrected chi connectivity index (χ0v) is 24.0. The van der Waals surface area contributed by atoms with Crippen molar-refractivity contribution in [1.29, 1.82) is 0 Å². The Morgan fingerprint density at radius 3 is 2.29 bits per heavy atom. The first-order valence-electron chi connectivity index (χ1n) is 12.9. The van der Waals surface area contributed by atoms with Gasteiger partial charge >= 0.3 is 6.09 Å². The van der Waals surface area contributed by atoms with Crippen molar-refractivity contribution in [2.75, 3.05) is 11.1 Å². The van der Waals surface area contributed by atoms with Crippen LogP contribution in [0.2, 0.25) is 0 Å². The molecule has 0 radical (unpaired) electrons. The van der Waals surface area contributed by atoms with Gasteiger partial charge in [0.25, 0.3) is 5.91 Å². The predicted molar refractivity (Wildman–Crippen MR) is 155 cm³/mol. The van der Waals surface area contributed by atoms with Crippen molar-refractivity contribution in [1.82, 2.24) is 10.2 Å². The fraction of sp³-hybridized carbons (Fsp3) is 0.433. The summed E-state index contributed by atoms with van der Waals surface area (Å²) in [7, 11) is 0. The molecule has 0 aromatic heterocycles. The molecule has 1 aliphatic rings. The van der Waals surface area contributed by atoms with Crippen LogP contribution in [0.5, 0.6) is 0 Å². The summed E-state index contributed by atoms with van der Waals surface area (Å²) in [5.74, 6) is -0.454. The maximum atomic E-state index is 14.1. The Hall–Kier alpha value is -3.26. The van der Waals surface area contributed by atoms with E-state index in [4.69, 9.17) is 4.74 Å². The number of benzene rings is 2. The van der Waals surface area contributed by atoms with Gasteiger partial charge in [0.2, 0.25) is 5.91 Å². The maximum absolute atomic E-state index is 14.1. The van der Waals surface area contributed by atoms with Gasteiger partial charge in [-0.05, 0) is 75.3 Å². The van der Waals surface area contributed by atoms with Gasteiger partial charge < -0.3 is 20.3 Å². The van der Waals surface area contributed by atoms with E-state index in [9.17, 15) is 14.4 Å². The van der Waals surface area contributed by atoms with Gasteiger partial charge in [-0.15, -0.1) is 0 Å². The number of aryl methyl sites for hydroxylation is 2. The number of carbonyl (C=O) groups excluding carboxylic acids is 3. The van der Waals surface area contributed by atoms with E-state index in [-0.39, 0.29) is 29.5 Å². The molecule has 4 atom stereocenters. The molecule has 3 rings (SSSR count). The fourth-order valence-corrected chi connectivity index (χ4v) is 4.73. The summed E-state index contributed by atoms with van der Waals surface area (Å²) in [4.78, 5) is 42.3. The summed E-state index contributed by atoms with van der Waals surface area (Å²) >= 11 is 4.36. The second kappa shape index (κ2) is 12.1. The monoisotopic (exact) mass is 537 g/mol. The highest BCUT2D eigenvalue weighted by molar-refractivity contribution is 7.80. The Morgan fingerprint density at radius 2 is 1.76 bits per heavy atom. The lowest BCUT2D eigenvalue weighted by Gasteiger charge is -2.35. The Bertz CT molecular complexity index is 1190. The summed E-state index contributed by atoms with van der Waals surface area (Å²) in [6.45, 7) is 15.0. The van der Waals surface area contributed by atoms with E-state index in [2.05, 4.69) is 29.8 Å².